The highest BCUT2D eigenvalue weighted by Gasteiger charge is 2.01. The molecule has 0 aliphatic heterocycles. The van der Waals surface area contributed by atoms with Crippen LogP contribution in [-0.4, -0.2) is 5.11 Å². The summed E-state index contributed by atoms with van der Waals surface area (Å²) < 4.78 is 4.91. The Morgan fingerprint density at radius 1 is 1.20 bits per heavy atom. The van der Waals surface area contributed by atoms with Crippen molar-refractivity contribution in [2.24, 2.45) is 0 Å². The summed E-state index contributed by atoms with van der Waals surface area (Å²) in [7, 11) is 0. The molecule has 0 spiro atoms. The average Bonchev–Trinajstić information content (AvgIpc) is 2.19. The van der Waals surface area contributed by atoms with Gasteiger partial charge in [-0.1, -0.05) is 13.8 Å². The van der Waals surface area contributed by atoms with E-state index in [-0.39, 0.29) is 5.75 Å². The maximum atomic E-state index is 11.0. The topological polar surface area (TPSA) is 50.4 Å². The molecule has 0 bridgehead atoms. The third-order valence-corrected chi connectivity index (χ3v) is 1.93. The van der Waals surface area contributed by atoms with Crippen molar-refractivity contribution in [2.45, 2.75) is 20.8 Å². The van der Waals surface area contributed by atoms with E-state index in [0.29, 0.717) is 5.58 Å². The average molecular weight is 206 g/mol. The number of hydrogen-bond donors (Lipinski definition) is 1. The van der Waals surface area contributed by atoms with Gasteiger partial charge in [0.05, 0.1) is 0 Å². The minimum atomic E-state index is -0.393. The van der Waals surface area contributed by atoms with E-state index in [1.807, 2.05) is 20.8 Å². The number of phenolic OH excluding ortho intramolecular Hbond substituents is 1. The molecule has 1 aromatic carbocycles. The summed E-state index contributed by atoms with van der Waals surface area (Å²) >= 11 is 0. The van der Waals surface area contributed by atoms with Crippen molar-refractivity contribution in [3.05, 3.63) is 40.2 Å². The van der Waals surface area contributed by atoms with Gasteiger partial charge in [0, 0.05) is 17.5 Å². The van der Waals surface area contributed by atoms with Gasteiger partial charge in [-0.3, -0.25) is 0 Å². The first kappa shape index (κ1) is 11.3. The van der Waals surface area contributed by atoms with Gasteiger partial charge in [-0.2, -0.15) is 0 Å². The standard InChI is InChI=1S/C10H8O3.C2H6/c1-6-4-10(12)13-9-5-7(11)2-3-8(6)9;1-2/h2-5,11H,1H3;1-2H3. The van der Waals surface area contributed by atoms with Crippen molar-refractivity contribution in [1.29, 1.82) is 0 Å². The Balaban J connectivity index is 0.000000531. The molecule has 0 fully saturated rings. The predicted octanol–water partition coefficient (Wildman–Crippen LogP) is 2.83. The van der Waals surface area contributed by atoms with Gasteiger partial charge in [0.1, 0.15) is 11.3 Å². The Bertz CT molecular complexity index is 512. The molecule has 0 aliphatic carbocycles. The molecule has 3 nitrogen and oxygen atoms in total. The van der Waals surface area contributed by atoms with Crippen LogP contribution >= 0.6 is 0 Å². The normalized spacial score (nSPS) is 9.53. The van der Waals surface area contributed by atoms with Crippen LogP contribution in [0.15, 0.2) is 33.5 Å². The highest BCUT2D eigenvalue weighted by atomic mass is 16.4. The van der Waals surface area contributed by atoms with Crippen LogP contribution in [0.4, 0.5) is 0 Å². The van der Waals surface area contributed by atoms with Gasteiger partial charge in [-0.15, -0.1) is 0 Å². The molecule has 1 aromatic heterocycles. The molecule has 0 radical (unpaired) electrons. The molecule has 2 rings (SSSR count). The largest absolute Gasteiger partial charge is 0.508 e. The van der Waals surface area contributed by atoms with E-state index in [1.165, 1.54) is 12.1 Å². The predicted molar refractivity (Wildman–Crippen MR) is 60.2 cm³/mol. The number of aromatic hydroxyl groups is 1. The van der Waals surface area contributed by atoms with Crippen LogP contribution in [0.5, 0.6) is 5.75 Å². The Labute approximate surface area is 88.0 Å². The van der Waals surface area contributed by atoms with Gasteiger partial charge in [0.2, 0.25) is 0 Å². The Morgan fingerprint density at radius 3 is 2.53 bits per heavy atom. The van der Waals surface area contributed by atoms with Crippen LogP contribution < -0.4 is 5.63 Å². The lowest BCUT2D eigenvalue weighted by atomic mass is 10.1. The summed E-state index contributed by atoms with van der Waals surface area (Å²) in [5, 5.41) is 9.99. The summed E-state index contributed by atoms with van der Waals surface area (Å²) in [6.45, 7) is 5.83. The van der Waals surface area contributed by atoms with E-state index >= 15 is 0 Å². The van der Waals surface area contributed by atoms with Crippen molar-refractivity contribution in [3.8, 4) is 5.75 Å². The van der Waals surface area contributed by atoms with E-state index in [1.54, 1.807) is 12.1 Å². The van der Waals surface area contributed by atoms with Gasteiger partial charge in [-0.05, 0) is 24.6 Å². The first-order valence-corrected chi connectivity index (χ1v) is 4.90. The molecule has 0 saturated carbocycles. The zero-order valence-corrected chi connectivity index (χ0v) is 9.07. The van der Waals surface area contributed by atoms with E-state index in [0.717, 1.165) is 10.9 Å². The molecule has 1 heterocycles. The second-order valence-corrected chi connectivity index (χ2v) is 2.93. The number of fused-ring (bicyclic) bond motifs is 1. The fourth-order valence-electron chi connectivity index (χ4n) is 1.31. The third-order valence-electron chi connectivity index (χ3n) is 1.93. The molecular weight excluding hydrogens is 192 g/mol. The number of phenols is 1. The molecule has 0 amide bonds. The number of aryl methyl sites for hydroxylation is 1. The Hall–Kier alpha value is -1.77. The monoisotopic (exact) mass is 206 g/mol. The lowest BCUT2D eigenvalue weighted by Crippen LogP contribution is -1.97. The third kappa shape index (κ3) is 2.37. The van der Waals surface area contributed by atoms with Gasteiger partial charge in [0.25, 0.3) is 0 Å². The van der Waals surface area contributed by atoms with E-state index in [2.05, 4.69) is 0 Å². The molecule has 0 saturated heterocycles. The number of hydrogen-bond acceptors (Lipinski definition) is 3. The van der Waals surface area contributed by atoms with Crippen LogP contribution in [0.3, 0.4) is 0 Å². The summed E-state index contributed by atoms with van der Waals surface area (Å²) in [4.78, 5) is 11.0. The Morgan fingerprint density at radius 2 is 1.87 bits per heavy atom. The van der Waals surface area contributed by atoms with Gasteiger partial charge in [0.15, 0.2) is 0 Å². The van der Waals surface area contributed by atoms with Crippen LogP contribution in [-0.2, 0) is 0 Å². The van der Waals surface area contributed by atoms with Gasteiger partial charge < -0.3 is 9.52 Å². The summed E-state index contributed by atoms with van der Waals surface area (Å²) in [6.07, 6.45) is 0. The maximum absolute atomic E-state index is 11.0. The summed E-state index contributed by atoms with van der Waals surface area (Å²) in [5.41, 5.74) is 0.881. The minimum Gasteiger partial charge on any atom is -0.508 e. The fraction of sp³-hybridized carbons (Fsp3) is 0.250. The summed E-state index contributed by atoms with van der Waals surface area (Å²) in [6, 6.07) is 6.15. The SMILES string of the molecule is CC.Cc1cc(=O)oc2cc(O)ccc12. The first-order chi connectivity index (χ1) is 7.16. The minimum absolute atomic E-state index is 0.0984. The molecule has 15 heavy (non-hydrogen) atoms. The highest BCUT2D eigenvalue weighted by Crippen LogP contribution is 2.20. The second kappa shape index (κ2) is 4.64. The van der Waals surface area contributed by atoms with E-state index in [9.17, 15) is 4.79 Å². The molecule has 80 valence electrons. The highest BCUT2D eigenvalue weighted by molar-refractivity contribution is 5.81. The van der Waals surface area contributed by atoms with Crippen molar-refractivity contribution < 1.29 is 9.52 Å². The molecule has 0 unspecified atom stereocenters. The molecule has 0 atom stereocenters. The van der Waals surface area contributed by atoms with Crippen molar-refractivity contribution >= 4 is 11.0 Å². The Kier molecular flexibility index (Phi) is 3.50. The fourth-order valence-corrected chi connectivity index (χ4v) is 1.31. The number of benzene rings is 1. The van der Waals surface area contributed by atoms with Crippen molar-refractivity contribution in [3.63, 3.8) is 0 Å². The first-order valence-electron chi connectivity index (χ1n) is 4.90. The van der Waals surface area contributed by atoms with Crippen LogP contribution in [0, 0.1) is 6.92 Å². The van der Waals surface area contributed by atoms with Crippen LogP contribution in [0.25, 0.3) is 11.0 Å². The van der Waals surface area contributed by atoms with E-state index < -0.39 is 5.63 Å². The summed E-state index contributed by atoms with van der Waals surface area (Å²) in [5.74, 6) is 0.0984. The molecule has 2 aromatic rings. The van der Waals surface area contributed by atoms with Crippen molar-refractivity contribution in [1.82, 2.24) is 0 Å². The zero-order chi connectivity index (χ0) is 11.4. The smallest absolute Gasteiger partial charge is 0.336 e. The van der Waals surface area contributed by atoms with Crippen LogP contribution in [0.2, 0.25) is 0 Å². The lowest BCUT2D eigenvalue weighted by Gasteiger charge is -1.99. The molecule has 0 aliphatic rings. The van der Waals surface area contributed by atoms with Gasteiger partial charge >= 0.3 is 5.63 Å². The zero-order valence-electron chi connectivity index (χ0n) is 9.07. The molecule has 1 N–H and O–H groups in total. The van der Waals surface area contributed by atoms with E-state index in [4.69, 9.17) is 9.52 Å². The quantitative estimate of drug-likeness (QED) is 0.674. The van der Waals surface area contributed by atoms with Crippen LogP contribution in [0.1, 0.15) is 19.4 Å². The lowest BCUT2D eigenvalue weighted by molar-refractivity contribution is 0.473. The second-order valence-electron chi connectivity index (χ2n) is 2.93. The molecular formula is C12H14O3. The maximum Gasteiger partial charge on any atom is 0.336 e. The van der Waals surface area contributed by atoms with Gasteiger partial charge in [-0.25, -0.2) is 4.79 Å². The molecule has 3 heteroatoms. The number of rotatable bonds is 0. The van der Waals surface area contributed by atoms with Crippen molar-refractivity contribution in [2.75, 3.05) is 0 Å².